The molecule has 3 nitrogen and oxygen atoms in total. The molecule has 0 saturated heterocycles. The van der Waals surface area contributed by atoms with Gasteiger partial charge in [-0.3, -0.25) is 0 Å². The molecular weight excluding hydrogens is 455 g/mol. The number of aliphatic hydroxyl groups excluding tert-OH is 1. The molecule has 33 heavy (non-hydrogen) atoms. The summed E-state index contributed by atoms with van der Waals surface area (Å²) in [6, 6.07) is 11.2. The molecule has 3 rings (SSSR count). The fourth-order valence-electron chi connectivity index (χ4n) is 4.05. The van der Waals surface area contributed by atoms with Crippen molar-refractivity contribution < 1.29 is 40.6 Å². The van der Waals surface area contributed by atoms with Crippen LogP contribution in [0.1, 0.15) is 25.7 Å². The van der Waals surface area contributed by atoms with Crippen molar-refractivity contribution in [3.8, 4) is 11.5 Å². The Labute approximate surface area is 186 Å². The molecule has 0 aliphatic heterocycles. The zero-order chi connectivity index (χ0) is 24.2. The third-order valence-corrected chi connectivity index (χ3v) is 5.73. The fourth-order valence-corrected chi connectivity index (χ4v) is 4.05. The lowest BCUT2D eigenvalue weighted by molar-refractivity contribution is -0.200. The number of hydrogen-bond acceptors (Lipinski definition) is 3. The summed E-state index contributed by atoms with van der Waals surface area (Å²) in [4.78, 5) is 1.25. The molecule has 0 amide bonds. The zero-order valence-electron chi connectivity index (χ0n) is 17.5. The first-order valence-corrected chi connectivity index (χ1v) is 10.5. The number of anilines is 1. The predicted molar refractivity (Wildman–Crippen MR) is 109 cm³/mol. The standard InChI is InChI=1S/C23H24F7NO2/c24-17-7-9-19(10-8-17)33-20-6-2-5-18(12-20)31(14-21(32)23(28,29)30)13-15-3-1-4-16(11-15)22(25,26)27/h2,5-10,12,15-16,21,32H,1,3-4,11,13-14H2. The highest BCUT2D eigenvalue weighted by molar-refractivity contribution is 5.52. The van der Waals surface area contributed by atoms with E-state index in [-0.39, 0.29) is 30.8 Å². The summed E-state index contributed by atoms with van der Waals surface area (Å²) >= 11 is 0. The highest BCUT2D eigenvalue weighted by Crippen LogP contribution is 2.41. The maximum atomic E-state index is 13.2. The van der Waals surface area contributed by atoms with E-state index in [0.717, 1.165) is 0 Å². The largest absolute Gasteiger partial charge is 0.457 e. The summed E-state index contributed by atoms with van der Waals surface area (Å²) < 4.78 is 97.4. The molecule has 10 heteroatoms. The Morgan fingerprint density at radius 1 is 0.970 bits per heavy atom. The van der Waals surface area contributed by atoms with Gasteiger partial charge >= 0.3 is 12.4 Å². The second kappa shape index (κ2) is 10.2. The minimum atomic E-state index is -4.87. The van der Waals surface area contributed by atoms with Crippen LogP contribution < -0.4 is 9.64 Å². The van der Waals surface area contributed by atoms with Crippen LogP contribution in [-0.2, 0) is 0 Å². The van der Waals surface area contributed by atoms with Gasteiger partial charge in [0.15, 0.2) is 6.10 Å². The molecular formula is C23H24F7NO2. The Morgan fingerprint density at radius 2 is 1.67 bits per heavy atom. The number of halogens is 7. The van der Waals surface area contributed by atoms with Crippen LogP contribution in [0.2, 0.25) is 0 Å². The molecule has 3 atom stereocenters. The summed E-state index contributed by atoms with van der Waals surface area (Å²) in [7, 11) is 0. The molecule has 182 valence electrons. The van der Waals surface area contributed by atoms with E-state index >= 15 is 0 Å². The average Bonchev–Trinajstić information content (AvgIpc) is 2.74. The van der Waals surface area contributed by atoms with Crippen LogP contribution in [0.3, 0.4) is 0 Å². The third kappa shape index (κ3) is 7.25. The smallest absolute Gasteiger partial charge is 0.416 e. The zero-order valence-corrected chi connectivity index (χ0v) is 17.5. The first-order valence-electron chi connectivity index (χ1n) is 10.5. The predicted octanol–water partition coefficient (Wildman–Crippen LogP) is 6.72. The van der Waals surface area contributed by atoms with Gasteiger partial charge in [0.2, 0.25) is 0 Å². The van der Waals surface area contributed by atoms with Gasteiger partial charge in [0, 0.05) is 18.3 Å². The molecule has 1 N–H and O–H groups in total. The van der Waals surface area contributed by atoms with Crippen LogP contribution in [0.5, 0.6) is 11.5 Å². The fraction of sp³-hybridized carbons (Fsp3) is 0.478. The molecule has 2 aromatic rings. The van der Waals surface area contributed by atoms with Gasteiger partial charge in [-0.25, -0.2) is 4.39 Å². The van der Waals surface area contributed by atoms with Crippen molar-refractivity contribution >= 4 is 5.69 Å². The Bertz CT molecular complexity index is 899. The van der Waals surface area contributed by atoms with Gasteiger partial charge in [-0.1, -0.05) is 12.5 Å². The quantitative estimate of drug-likeness (QED) is 0.448. The molecule has 3 unspecified atom stereocenters. The monoisotopic (exact) mass is 479 g/mol. The van der Waals surface area contributed by atoms with E-state index in [0.29, 0.717) is 18.6 Å². The van der Waals surface area contributed by atoms with Gasteiger partial charge in [0.05, 0.1) is 12.5 Å². The number of ether oxygens (including phenoxy) is 1. The van der Waals surface area contributed by atoms with Crippen molar-refractivity contribution in [1.82, 2.24) is 0 Å². The van der Waals surface area contributed by atoms with Crippen molar-refractivity contribution in [2.75, 3.05) is 18.0 Å². The van der Waals surface area contributed by atoms with E-state index in [1.807, 2.05) is 0 Å². The van der Waals surface area contributed by atoms with E-state index < -0.39 is 42.7 Å². The van der Waals surface area contributed by atoms with Crippen LogP contribution in [0.4, 0.5) is 36.4 Å². The first kappa shape index (κ1) is 25.1. The van der Waals surface area contributed by atoms with Crippen molar-refractivity contribution in [3.63, 3.8) is 0 Å². The van der Waals surface area contributed by atoms with Crippen LogP contribution >= 0.6 is 0 Å². The van der Waals surface area contributed by atoms with Gasteiger partial charge in [-0.05, 0) is 61.6 Å². The van der Waals surface area contributed by atoms with Gasteiger partial charge in [-0.15, -0.1) is 0 Å². The number of hydrogen-bond donors (Lipinski definition) is 1. The van der Waals surface area contributed by atoms with Crippen molar-refractivity contribution in [2.45, 2.75) is 44.1 Å². The van der Waals surface area contributed by atoms with Crippen LogP contribution in [-0.4, -0.2) is 36.7 Å². The molecule has 0 bridgehead atoms. The van der Waals surface area contributed by atoms with Gasteiger partial charge < -0.3 is 14.7 Å². The first-order chi connectivity index (χ1) is 15.4. The number of aliphatic hydroxyl groups is 1. The normalized spacial score (nSPS) is 20.4. The Kier molecular flexibility index (Phi) is 7.76. The number of nitrogens with zero attached hydrogens (tertiary/aromatic N) is 1. The SMILES string of the molecule is OC(CN(CC1CCCC(C(F)(F)F)C1)c1cccc(Oc2ccc(F)cc2)c1)C(F)(F)F. The second-order valence-electron chi connectivity index (χ2n) is 8.29. The lowest BCUT2D eigenvalue weighted by atomic mass is 9.80. The molecule has 1 saturated carbocycles. The summed E-state index contributed by atoms with van der Waals surface area (Å²) in [5.41, 5.74) is 0.270. The Hall–Kier alpha value is -2.49. The molecule has 1 fully saturated rings. The van der Waals surface area contributed by atoms with E-state index in [1.54, 1.807) is 6.07 Å². The lowest BCUT2D eigenvalue weighted by Gasteiger charge is -2.36. The lowest BCUT2D eigenvalue weighted by Crippen LogP contribution is -2.44. The molecule has 0 heterocycles. The third-order valence-electron chi connectivity index (χ3n) is 5.73. The minimum absolute atomic E-state index is 0.00612. The van der Waals surface area contributed by atoms with Gasteiger partial charge in [-0.2, -0.15) is 26.3 Å². The highest BCUT2D eigenvalue weighted by Gasteiger charge is 2.43. The van der Waals surface area contributed by atoms with E-state index in [4.69, 9.17) is 4.74 Å². The van der Waals surface area contributed by atoms with Gasteiger partial charge in [0.1, 0.15) is 17.3 Å². The highest BCUT2D eigenvalue weighted by atomic mass is 19.4. The summed E-state index contributed by atoms with van der Waals surface area (Å²) in [6.45, 7) is -0.892. The van der Waals surface area contributed by atoms with Crippen molar-refractivity contribution in [3.05, 3.63) is 54.3 Å². The Balaban J connectivity index is 1.81. The van der Waals surface area contributed by atoms with Crippen LogP contribution in [0.15, 0.2) is 48.5 Å². The molecule has 0 radical (unpaired) electrons. The molecule has 2 aromatic carbocycles. The van der Waals surface area contributed by atoms with E-state index in [2.05, 4.69) is 0 Å². The molecule has 1 aliphatic carbocycles. The summed E-state index contributed by atoms with van der Waals surface area (Å²) in [5.74, 6) is -1.88. The number of rotatable bonds is 7. The summed E-state index contributed by atoms with van der Waals surface area (Å²) in [6.07, 6.45) is -11.3. The molecule has 1 aliphatic rings. The van der Waals surface area contributed by atoms with Crippen LogP contribution in [0, 0.1) is 17.7 Å². The maximum absolute atomic E-state index is 13.2. The van der Waals surface area contributed by atoms with Crippen molar-refractivity contribution in [2.24, 2.45) is 11.8 Å². The maximum Gasteiger partial charge on any atom is 0.416 e. The Morgan fingerprint density at radius 3 is 2.30 bits per heavy atom. The minimum Gasteiger partial charge on any atom is -0.457 e. The van der Waals surface area contributed by atoms with Gasteiger partial charge in [0.25, 0.3) is 0 Å². The second-order valence-corrected chi connectivity index (χ2v) is 8.29. The number of benzene rings is 2. The van der Waals surface area contributed by atoms with E-state index in [1.165, 1.54) is 47.4 Å². The molecule has 0 aromatic heterocycles. The molecule has 0 spiro atoms. The number of alkyl halides is 6. The topological polar surface area (TPSA) is 32.7 Å². The van der Waals surface area contributed by atoms with E-state index in [9.17, 15) is 35.8 Å². The van der Waals surface area contributed by atoms with Crippen LogP contribution in [0.25, 0.3) is 0 Å². The average molecular weight is 479 g/mol. The summed E-state index contributed by atoms with van der Waals surface area (Å²) in [5, 5.41) is 9.65. The van der Waals surface area contributed by atoms with Crippen molar-refractivity contribution in [1.29, 1.82) is 0 Å².